The van der Waals surface area contributed by atoms with Gasteiger partial charge in [-0.25, -0.2) is 4.79 Å². The van der Waals surface area contributed by atoms with Crippen LogP contribution in [0.15, 0.2) is 24.3 Å². The van der Waals surface area contributed by atoms with E-state index < -0.39 is 34.9 Å². The number of carbonyl (C=O) groups is 3. The zero-order valence-electron chi connectivity index (χ0n) is 25.2. The molecule has 3 aliphatic rings. The summed E-state index contributed by atoms with van der Waals surface area (Å²) in [6, 6.07) is 7.18. The van der Waals surface area contributed by atoms with Gasteiger partial charge >= 0.3 is 12.1 Å². The van der Waals surface area contributed by atoms with Crippen molar-refractivity contribution in [2.24, 2.45) is 11.8 Å². The van der Waals surface area contributed by atoms with E-state index in [9.17, 15) is 14.4 Å². The molecule has 4 rings (SSSR count). The number of hydrogen-bond donors (Lipinski definition) is 1. The lowest BCUT2D eigenvalue weighted by Gasteiger charge is -2.53. The highest BCUT2D eigenvalue weighted by Crippen LogP contribution is 2.52. The molecule has 0 unspecified atom stereocenters. The van der Waals surface area contributed by atoms with E-state index in [1.807, 2.05) is 18.2 Å². The van der Waals surface area contributed by atoms with Crippen LogP contribution in [0.5, 0.6) is 5.75 Å². The van der Waals surface area contributed by atoms with Crippen molar-refractivity contribution in [3.05, 3.63) is 29.8 Å². The molecule has 0 bridgehead atoms. The van der Waals surface area contributed by atoms with Crippen LogP contribution >= 0.6 is 0 Å². The van der Waals surface area contributed by atoms with E-state index in [0.717, 1.165) is 17.7 Å². The fraction of sp³-hybridized carbons (Fsp3) is 0.710. The van der Waals surface area contributed by atoms with Gasteiger partial charge in [0.05, 0.1) is 12.2 Å². The van der Waals surface area contributed by atoms with Crippen molar-refractivity contribution in [2.75, 3.05) is 13.1 Å². The molecule has 0 spiro atoms. The number of rotatable bonds is 5. The standard InChI is InChI=1S/C31H46N2O7/c1-29(2,3)39-25(34)14-13-22(32-28(36)40-30(4,5)6)27(35)33-16-15-23-19(18-33)17-21-26(37-23)20-11-9-10-12-24(20)38-31(21,7)8/h9-12,19,21-23,26H,13-18H2,1-8H3,(H,32,36)/t19-,21+,22-,23+,26-/m0/s1. The molecule has 9 nitrogen and oxygen atoms in total. The maximum Gasteiger partial charge on any atom is 0.408 e. The Kier molecular flexibility index (Phi) is 8.46. The fourth-order valence-corrected chi connectivity index (χ4v) is 6.04. The maximum atomic E-state index is 13.8. The molecule has 222 valence electrons. The summed E-state index contributed by atoms with van der Waals surface area (Å²) in [4.78, 5) is 40.6. The predicted octanol–water partition coefficient (Wildman–Crippen LogP) is 5.17. The first-order chi connectivity index (χ1) is 18.5. The number of fused-ring (bicyclic) bond motifs is 4. The first kappa shape index (κ1) is 30.2. The minimum absolute atomic E-state index is 0.00116. The monoisotopic (exact) mass is 558 g/mol. The summed E-state index contributed by atoms with van der Waals surface area (Å²) >= 11 is 0. The zero-order valence-corrected chi connectivity index (χ0v) is 25.2. The minimum Gasteiger partial charge on any atom is -0.487 e. The van der Waals surface area contributed by atoms with E-state index >= 15 is 0 Å². The van der Waals surface area contributed by atoms with E-state index in [-0.39, 0.29) is 42.8 Å². The molecule has 1 N–H and O–H groups in total. The van der Waals surface area contributed by atoms with Crippen LogP contribution in [0, 0.1) is 11.8 Å². The molecule has 0 radical (unpaired) electrons. The molecule has 3 heterocycles. The Morgan fingerprint density at radius 2 is 1.75 bits per heavy atom. The molecule has 2 saturated heterocycles. The second kappa shape index (κ2) is 11.2. The zero-order chi connectivity index (χ0) is 29.5. The molecule has 0 aromatic heterocycles. The number of alkyl carbamates (subject to hydrolysis) is 1. The molecule has 0 aliphatic carbocycles. The highest BCUT2D eigenvalue weighted by Gasteiger charge is 2.51. The summed E-state index contributed by atoms with van der Waals surface area (Å²) in [6.07, 6.45) is 0.993. The lowest BCUT2D eigenvalue weighted by molar-refractivity contribution is -0.189. The van der Waals surface area contributed by atoms with E-state index in [2.05, 4.69) is 25.2 Å². The van der Waals surface area contributed by atoms with Gasteiger partial charge in [-0.15, -0.1) is 0 Å². The van der Waals surface area contributed by atoms with E-state index in [1.165, 1.54) is 0 Å². The largest absolute Gasteiger partial charge is 0.487 e. The molecule has 1 aromatic carbocycles. The van der Waals surface area contributed by atoms with E-state index in [4.69, 9.17) is 18.9 Å². The summed E-state index contributed by atoms with van der Waals surface area (Å²) in [7, 11) is 0. The summed E-state index contributed by atoms with van der Waals surface area (Å²) in [5.74, 6) is 0.517. The van der Waals surface area contributed by atoms with Gasteiger partial charge in [-0.05, 0) is 80.7 Å². The van der Waals surface area contributed by atoms with E-state index in [0.29, 0.717) is 19.5 Å². The number of nitrogens with one attached hydrogen (secondary N) is 1. The Balaban J connectivity index is 1.46. The lowest BCUT2D eigenvalue weighted by Crippen LogP contribution is -2.58. The van der Waals surface area contributed by atoms with Crippen LogP contribution < -0.4 is 10.1 Å². The van der Waals surface area contributed by atoms with Crippen LogP contribution in [0.1, 0.15) is 92.7 Å². The van der Waals surface area contributed by atoms with Gasteiger partial charge in [0.25, 0.3) is 0 Å². The van der Waals surface area contributed by atoms with Gasteiger partial charge in [0.2, 0.25) is 5.91 Å². The normalized spacial score (nSPS) is 26.2. The van der Waals surface area contributed by atoms with Crippen LogP contribution in [-0.2, 0) is 23.8 Å². The molecular formula is C31H46N2O7. The second-order valence-corrected chi connectivity index (χ2v) is 13.8. The SMILES string of the molecule is CC(C)(C)OC(=O)CC[C@H](NC(=O)OC(C)(C)C)C(=O)N1CC[C@H]2O[C@H]3c4ccccc4OC(C)(C)[C@@H]3C[C@H]2C1. The van der Waals surface area contributed by atoms with Crippen molar-refractivity contribution < 1.29 is 33.3 Å². The molecule has 0 saturated carbocycles. The van der Waals surface area contributed by atoms with Gasteiger partial charge in [-0.3, -0.25) is 9.59 Å². The fourth-order valence-electron chi connectivity index (χ4n) is 6.04. The third-order valence-corrected chi connectivity index (χ3v) is 7.76. The quantitative estimate of drug-likeness (QED) is 0.498. The van der Waals surface area contributed by atoms with Gasteiger partial charge < -0.3 is 29.2 Å². The average Bonchev–Trinajstić information content (AvgIpc) is 2.82. The molecule has 2 amide bonds. The summed E-state index contributed by atoms with van der Waals surface area (Å²) in [6.45, 7) is 15.9. The first-order valence-electron chi connectivity index (χ1n) is 14.5. The van der Waals surface area contributed by atoms with Gasteiger partial charge in [0.1, 0.15) is 28.6 Å². The highest BCUT2D eigenvalue weighted by molar-refractivity contribution is 5.86. The Labute approximate surface area is 238 Å². The number of esters is 1. The van der Waals surface area contributed by atoms with Gasteiger partial charge in [0, 0.05) is 36.9 Å². The minimum atomic E-state index is -0.905. The second-order valence-electron chi connectivity index (χ2n) is 13.8. The smallest absolute Gasteiger partial charge is 0.408 e. The van der Waals surface area contributed by atoms with Crippen LogP contribution in [0.2, 0.25) is 0 Å². The Morgan fingerprint density at radius 3 is 2.42 bits per heavy atom. The van der Waals surface area contributed by atoms with Crippen LogP contribution in [-0.4, -0.2) is 64.9 Å². The lowest BCUT2D eigenvalue weighted by atomic mass is 9.70. The molecule has 2 fully saturated rings. The summed E-state index contributed by atoms with van der Waals surface area (Å²) < 4.78 is 24.0. The van der Waals surface area contributed by atoms with Crippen molar-refractivity contribution in [1.29, 1.82) is 0 Å². The number of amides is 2. The predicted molar refractivity (Wildman–Crippen MR) is 150 cm³/mol. The van der Waals surface area contributed by atoms with E-state index in [1.54, 1.807) is 46.4 Å². The highest BCUT2D eigenvalue weighted by atomic mass is 16.6. The number of piperidine rings is 1. The van der Waals surface area contributed by atoms with Crippen LogP contribution in [0.4, 0.5) is 4.79 Å². The van der Waals surface area contributed by atoms with Gasteiger partial charge in [-0.2, -0.15) is 0 Å². The Morgan fingerprint density at radius 1 is 1.07 bits per heavy atom. The third kappa shape index (κ3) is 7.28. The van der Waals surface area contributed by atoms with Crippen molar-refractivity contribution >= 4 is 18.0 Å². The number of nitrogens with zero attached hydrogens (tertiary/aromatic N) is 1. The topological polar surface area (TPSA) is 103 Å². The number of hydrogen-bond acceptors (Lipinski definition) is 7. The number of para-hydroxylation sites is 1. The molecule has 9 heteroatoms. The van der Waals surface area contributed by atoms with Gasteiger partial charge in [-0.1, -0.05) is 18.2 Å². The maximum absolute atomic E-state index is 13.8. The molecule has 5 atom stereocenters. The van der Waals surface area contributed by atoms with Crippen LogP contribution in [0.3, 0.4) is 0 Å². The number of carbonyl (C=O) groups excluding carboxylic acids is 3. The summed E-state index contributed by atoms with van der Waals surface area (Å²) in [5, 5.41) is 2.72. The Hall–Kier alpha value is -2.81. The molecule has 1 aromatic rings. The summed E-state index contributed by atoms with van der Waals surface area (Å²) in [5.41, 5.74) is -0.671. The van der Waals surface area contributed by atoms with Gasteiger partial charge in [0.15, 0.2) is 0 Å². The average molecular weight is 559 g/mol. The Bertz CT molecular complexity index is 1100. The van der Waals surface area contributed by atoms with Crippen molar-refractivity contribution in [3.8, 4) is 5.75 Å². The molecule has 40 heavy (non-hydrogen) atoms. The van der Waals surface area contributed by atoms with Crippen molar-refractivity contribution in [2.45, 2.75) is 116 Å². The van der Waals surface area contributed by atoms with Crippen LogP contribution in [0.25, 0.3) is 0 Å². The number of likely N-dealkylation sites (tertiary alicyclic amines) is 1. The number of benzene rings is 1. The number of ether oxygens (including phenoxy) is 4. The van der Waals surface area contributed by atoms with Crippen molar-refractivity contribution in [1.82, 2.24) is 10.2 Å². The molecular weight excluding hydrogens is 512 g/mol. The first-order valence-corrected chi connectivity index (χ1v) is 14.5. The molecule has 3 aliphatic heterocycles. The van der Waals surface area contributed by atoms with Crippen molar-refractivity contribution in [3.63, 3.8) is 0 Å². The third-order valence-electron chi connectivity index (χ3n) is 7.76.